The summed E-state index contributed by atoms with van der Waals surface area (Å²) in [4.78, 5) is 11.8. The molecule has 0 atom stereocenters. The summed E-state index contributed by atoms with van der Waals surface area (Å²) >= 11 is 0. The molecule has 0 aromatic rings. The first kappa shape index (κ1) is 16.2. The number of terminal acetylenes is 1. The summed E-state index contributed by atoms with van der Waals surface area (Å²) in [5.74, 6) is 2.94. The number of rotatable bonds is 5. The van der Waals surface area contributed by atoms with Gasteiger partial charge in [0.25, 0.3) is 0 Å². The monoisotopic (exact) mass is 255 g/mol. The molecule has 0 aromatic heterocycles. The molecular formula is C14H22ClNO. The van der Waals surface area contributed by atoms with E-state index >= 15 is 0 Å². The number of nitrogens with one attached hydrogen (secondary N) is 1. The lowest BCUT2D eigenvalue weighted by molar-refractivity contribution is -0.115. The van der Waals surface area contributed by atoms with Crippen LogP contribution in [0.15, 0.2) is 11.6 Å². The van der Waals surface area contributed by atoms with Crippen molar-refractivity contribution < 1.29 is 4.79 Å². The average molecular weight is 256 g/mol. The molecule has 0 amide bonds. The molecule has 0 aromatic carbocycles. The maximum absolute atomic E-state index is 11.8. The van der Waals surface area contributed by atoms with Gasteiger partial charge in [0.05, 0.1) is 5.54 Å². The average Bonchev–Trinajstić information content (AvgIpc) is 2.30. The van der Waals surface area contributed by atoms with E-state index in [0.717, 1.165) is 24.8 Å². The van der Waals surface area contributed by atoms with Crippen molar-refractivity contribution >= 4 is 18.2 Å². The van der Waals surface area contributed by atoms with Gasteiger partial charge in [-0.25, -0.2) is 0 Å². The summed E-state index contributed by atoms with van der Waals surface area (Å²) in [7, 11) is 0. The second kappa shape index (κ2) is 7.53. The Kier molecular flexibility index (Phi) is 7.18. The van der Waals surface area contributed by atoms with E-state index in [1.54, 1.807) is 0 Å². The van der Waals surface area contributed by atoms with Crippen LogP contribution in [0.25, 0.3) is 0 Å². The van der Waals surface area contributed by atoms with E-state index < -0.39 is 0 Å². The third kappa shape index (κ3) is 5.91. The molecule has 1 aliphatic rings. The van der Waals surface area contributed by atoms with Crippen LogP contribution in [0.5, 0.6) is 0 Å². The van der Waals surface area contributed by atoms with Crippen LogP contribution in [-0.4, -0.2) is 17.9 Å². The van der Waals surface area contributed by atoms with E-state index in [9.17, 15) is 4.79 Å². The quantitative estimate of drug-likeness (QED) is 0.766. The van der Waals surface area contributed by atoms with Gasteiger partial charge >= 0.3 is 0 Å². The fourth-order valence-electron chi connectivity index (χ4n) is 1.79. The molecule has 1 N–H and O–H groups in total. The number of hydrogen-bond acceptors (Lipinski definition) is 2. The van der Waals surface area contributed by atoms with Crippen molar-refractivity contribution in [3.05, 3.63) is 11.6 Å². The largest absolute Gasteiger partial charge is 0.301 e. The van der Waals surface area contributed by atoms with Crippen molar-refractivity contribution in [3.63, 3.8) is 0 Å². The van der Waals surface area contributed by atoms with Crippen LogP contribution in [0.2, 0.25) is 0 Å². The highest BCUT2D eigenvalue weighted by Gasteiger charge is 2.15. The molecule has 0 bridgehead atoms. The minimum atomic E-state index is -0.318. The predicted octanol–water partition coefficient (Wildman–Crippen LogP) is 2.87. The number of Topliss-reactive ketones (excluding diaryl/α,β-unsaturated/α-hetero) is 1. The third-order valence-electron chi connectivity index (χ3n) is 2.93. The van der Waals surface area contributed by atoms with Gasteiger partial charge in [-0.15, -0.1) is 18.8 Å². The molecule has 0 saturated heterocycles. The number of hydrogen-bond donors (Lipinski definition) is 1. The molecule has 1 aliphatic carbocycles. The van der Waals surface area contributed by atoms with Gasteiger partial charge in [-0.3, -0.25) is 4.79 Å². The number of allylic oxidation sites excluding steroid dienone is 2. The topological polar surface area (TPSA) is 29.1 Å². The molecule has 0 unspecified atom stereocenters. The van der Waals surface area contributed by atoms with Crippen molar-refractivity contribution in [1.29, 1.82) is 0 Å². The molecule has 2 nitrogen and oxygen atoms in total. The lowest BCUT2D eigenvalue weighted by atomic mass is 9.95. The Morgan fingerprint density at radius 1 is 1.53 bits per heavy atom. The molecule has 0 heterocycles. The molecule has 0 saturated carbocycles. The van der Waals surface area contributed by atoms with Crippen molar-refractivity contribution in [2.75, 3.05) is 6.54 Å². The van der Waals surface area contributed by atoms with Crippen molar-refractivity contribution in [2.45, 2.75) is 51.5 Å². The standard InChI is InChI=1S/C14H21NO.ClH/c1-4-14(2,3)15-11-10-13(16)12-8-6-5-7-9-12;/h1,8,15H,5-7,9-11H2,2-3H3;1H. The minimum Gasteiger partial charge on any atom is -0.301 e. The maximum atomic E-state index is 11.8. The fraction of sp³-hybridized carbons (Fsp3) is 0.643. The maximum Gasteiger partial charge on any atom is 0.159 e. The van der Waals surface area contributed by atoms with Gasteiger partial charge in [0, 0.05) is 13.0 Å². The van der Waals surface area contributed by atoms with Gasteiger partial charge in [0.15, 0.2) is 5.78 Å². The number of carbonyl (C=O) groups is 1. The highest BCUT2D eigenvalue weighted by molar-refractivity contribution is 5.95. The van der Waals surface area contributed by atoms with Crippen LogP contribution in [-0.2, 0) is 4.79 Å². The molecule has 1 rings (SSSR count). The van der Waals surface area contributed by atoms with Crippen LogP contribution in [0.3, 0.4) is 0 Å². The third-order valence-corrected chi connectivity index (χ3v) is 2.93. The number of ketones is 1. The van der Waals surface area contributed by atoms with Crippen LogP contribution in [0.1, 0.15) is 46.0 Å². The van der Waals surface area contributed by atoms with Gasteiger partial charge in [0.2, 0.25) is 0 Å². The summed E-state index contributed by atoms with van der Waals surface area (Å²) in [5.41, 5.74) is 0.702. The summed E-state index contributed by atoms with van der Waals surface area (Å²) in [5, 5.41) is 3.19. The molecule has 0 spiro atoms. The number of carbonyl (C=O) groups excluding carboxylic acids is 1. The molecule has 17 heavy (non-hydrogen) atoms. The zero-order valence-electron chi connectivity index (χ0n) is 10.7. The fourth-order valence-corrected chi connectivity index (χ4v) is 1.79. The predicted molar refractivity (Wildman–Crippen MR) is 74.3 cm³/mol. The second-order valence-corrected chi connectivity index (χ2v) is 4.84. The van der Waals surface area contributed by atoms with Crippen LogP contribution in [0.4, 0.5) is 0 Å². The van der Waals surface area contributed by atoms with E-state index in [0.29, 0.717) is 13.0 Å². The van der Waals surface area contributed by atoms with Crippen LogP contribution < -0.4 is 5.32 Å². The first-order valence-corrected chi connectivity index (χ1v) is 6.00. The molecular weight excluding hydrogens is 234 g/mol. The molecule has 0 fully saturated rings. The normalized spacial score (nSPS) is 15.5. The van der Waals surface area contributed by atoms with Crippen molar-refractivity contribution in [2.24, 2.45) is 0 Å². The second-order valence-electron chi connectivity index (χ2n) is 4.84. The summed E-state index contributed by atoms with van der Waals surface area (Å²) < 4.78 is 0. The van der Waals surface area contributed by atoms with Gasteiger partial charge in [-0.05, 0) is 45.1 Å². The van der Waals surface area contributed by atoms with E-state index in [-0.39, 0.29) is 23.7 Å². The Bertz CT molecular complexity index is 326. The Morgan fingerprint density at radius 2 is 2.24 bits per heavy atom. The van der Waals surface area contributed by atoms with Gasteiger partial charge in [0.1, 0.15) is 0 Å². The van der Waals surface area contributed by atoms with Gasteiger partial charge in [-0.2, -0.15) is 0 Å². The van der Waals surface area contributed by atoms with E-state index in [1.165, 1.54) is 6.42 Å². The smallest absolute Gasteiger partial charge is 0.159 e. The SMILES string of the molecule is C#CC(C)(C)NCCC(=O)C1=CCCCC1.Cl. The molecule has 96 valence electrons. The van der Waals surface area contributed by atoms with E-state index in [4.69, 9.17) is 6.42 Å². The number of halogens is 1. The van der Waals surface area contributed by atoms with Gasteiger partial charge < -0.3 is 5.32 Å². The molecule has 0 aliphatic heterocycles. The Morgan fingerprint density at radius 3 is 2.76 bits per heavy atom. The first-order valence-electron chi connectivity index (χ1n) is 6.00. The lowest BCUT2D eigenvalue weighted by Crippen LogP contribution is -2.38. The zero-order valence-corrected chi connectivity index (χ0v) is 11.5. The molecule has 3 heteroatoms. The van der Waals surface area contributed by atoms with E-state index in [1.807, 2.05) is 13.8 Å². The Labute approximate surface area is 111 Å². The highest BCUT2D eigenvalue weighted by atomic mass is 35.5. The highest BCUT2D eigenvalue weighted by Crippen LogP contribution is 2.18. The van der Waals surface area contributed by atoms with Gasteiger partial charge in [-0.1, -0.05) is 12.0 Å². The summed E-state index contributed by atoms with van der Waals surface area (Å²) in [6.07, 6.45) is 12.4. The summed E-state index contributed by atoms with van der Waals surface area (Å²) in [6, 6.07) is 0. The van der Waals surface area contributed by atoms with E-state index in [2.05, 4.69) is 17.3 Å². The zero-order chi connectivity index (χ0) is 12.0. The molecule has 0 radical (unpaired) electrons. The van der Waals surface area contributed by atoms with Crippen LogP contribution in [0, 0.1) is 12.3 Å². The first-order chi connectivity index (χ1) is 7.55. The summed E-state index contributed by atoms with van der Waals surface area (Å²) in [6.45, 7) is 4.54. The minimum absolute atomic E-state index is 0. The van der Waals surface area contributed by atoms with Crippen LogP contribution >= 0.6 is 12.4 Å². The Hall–Kier alpha value is -0.780. The lowest BCUT2D eigenvalue weighted by Gasteiger charge is -2.19. The van der Waals surface area contributed by atoms with Crippen molar-refractivity contribution in [1.82, 2.24) is 5.32 Å². The van der Waals surface area contributed by atoms with Crippen molar-refractivity contribution in [3.8, 4) is 12.3 Å². The Balaban J connectivity index is 0.00000256.